The van der Waals surface area contributed by atoms with Crippen LogP contribution in [0.15, 0.2) is 24.3 Å². The third kappa shape index (κ3) is 3.86. The lowest BCUT2D eigenvalue weighted by atomic mass is 9.97. The number of amides is 2. The lowest BCUT2D eigenvalue weighted by Crippen LogP contribution is -2.49. The second-order valence-electron chi connectivity index (χ2n) is 6.83. The summed E-state index contributed by atoms with van der Waals surface area (Å²) in [6, 6.07) is 6.50. The number of carbonyl (C=O) groups is 2. The number of carboxylic acids is 1. The maximum Gasteiger partial charge on any atom is 0.317 e. The van der Waals surface area contributed by atoms with E-state index in [-0.39, 0.29) is 24.4 Å². The van der Waals surface area contributed by atoms with Gasteiger partial charge >= 0.3 is 12.0 Å². The molecule has 2 fully saturated rings. The van der Waals surface area contributed by atoms with Gasteiger partial charge in [-0.1, -0.05) is 12.1 Å². The number of urea groups is 1. The van der Waals surface area contributed by atoms with Crippen molar-refractivity contribution in [3.05, 3.63) is 35.6 Å². The minimum absolute atomic E-state index is 0.0951. The van der Waals surface area contributed by atoms with Crippen molar-refractivity contribution >= 4 is 12.0 Å². The van der Waals surface area contributed by atoms with Gasteiger partial charge in [0.1, 0.15) is 5.82 Å². The first-order chi connectivity index (χ1) is 11.5. The molecule has 24 heavy (non-hydrogen) atoms. The molecule has 1 saturated carbocycles. The van der Waals surface area contributed by atoms with Gasteiger partial charge in [-0.05, 0) is 55.7 Å². The fraction of sp³-hybridized carbons (Fsp3) is 0.556. The Morgan fingerprint density at radius 3 is 2.62 bits per heavy atom. The number of nitrogens with one attached hydrogen (secondary N) is 1. The van der Waals surface area contributed by atoms with E-state index in [0.717, 1.165) is 31.2 Å². The summed E-state index contributed by atoms with van der Waals surface area (Å²) in [5.41, 5.74) is 1.11. The van der Waals surface area contributed by atoms with Gasteiger partial charge < -0.3 is 15.3 Å². The highest BCUT2D eigenvalue weighted by Crippen LogP contribution is 2.34. The fourth-order valence-corrected chi connectivity index (χ4v) is 3.78. The lowest BCUT2D eigenvalue weighted by molar-refractivity contribution is -0.143. The summed E-state index contributed by atoms with van der Waals surface area (Å²) in [6.07, 6.45) is 4.06. The highest BCUT2D eigenvalue weighted by Gasteiger charge is 2.31. The van der Waals surface area contributed by atoms with E-state index in [2.05, 4.69) is 5.32 Å². The Labute approximate surface area is 140 Å². The molecule has 3 unspecified atom stereocenters. The van der Waals surface area contributed by atoms with Crippen LogP contribution in [0.5, 0.6) is 0 Å². The minimum atomic E-state index is -0.829. The van der Waals surface area contributed by atoms with Crippen molar-refractivity contribution in [3.8, 4) is 0 Å². The van der Waals surface area contributed by atoms with Gasteiger partial charge in [-0.25, -0.2) is 9.18 Å². The quantitative estimate of drug-likeness (QED) is 0.893. The number of rotatable bonds is 3. The summed E-state index contributed by atoms with van der Waals surface area (Å²) in [5, 5.41) is 12.2. The number of benzene rings is 1. The van der Waals surface area contributed by atoms with Crippen LogP contribution in [0.25, 0.3) is 0 Å². The third-order valence-electron chi connectivity index (χ3n) is 5.16. The normalized spacial score (nSPS) is 27.0. The molecule has 1 aliphatic heterocycles. The van der Waals surface area contributed by atoms with Crippen LogP contribution in [0.4, 0.5) is 9.18 Å². The Morgan fingerprint density at radius 2 is 1.92 bits per heavy atom. The van der Waals surface area contributed by atoms with Gasteiger partial charge in [0, 0.05) is 19.1 Å². The Balaban J connectivity index is 1.52. The van der Waals surface area contributed by atoms with Gasteiger partial charge in [0.15, 0.2) is 0 Å². The van der Waals surface area contributed by atoms with Crippen LogP contribution in [0, 0.1) is 11.7 Å². The molecule has 5 nitrogen and oxygen atoms in total. The number of halogens is 1. The van der Waals surface area contributed by atoms with Crippen LogP contribution in [0.3, 0.4) is 0 Å². The van der Waals surface area contributed by atoms with Crippen LogP contribution in [-0.2, 0) is 4.79 Å². The van der Waals surface area contributed by atoms with Gasteiger partial charge in [0.05, 0.1) is 5.92 Å². The van der Waals surface area contributed by atoms with Crippen LogP contribution >= 0.6 is 0 Å². The van der Waals surface area contributed by atoms with Gasteiger partial charge in [-0.15, -0.1) is 0 Å². The Kier molecular flexibility index (Phi) is 5.02. The molecule has 2 N–H and O–H groups in total. The highest BCUT2D eigenvalue weighted by molar-refractivity contribution is 5.76. The van der Waals surface area contributed by atoms with Crippen molar-refractivity contribution in [2.45, 2.75) is 44.1 Å². The SMILES string of the molecule is O=C(O)C1CCCN(C(=O)NC2CCC(c3ccc(F)cc3)C2)C1. The average molecular weight is 334 g/mol. The van der Waals surface area contributed by atoms with Crippen molar-refractivity contribution in [2.75, 3.05) is 13.1 Å². The van der Waals surface area contributed by atoms with E-state index in [1.54, 1.807) is 4.90 Å². The number of hydrogen-bond acceptors (Lipinski definition) is 2. The molecule has 1 saturated heterocycles. The number of nitrogens with zero attached hydrogens (tertiary/aromatic N) is 1. The fourth-order valence-electron chi connectivity index (χ4n) is 3.78. The topological polar surface area (TPSA) is 69.6 Å². The molecule has 1 aromatic carbocycles. The number of hydrogen-bond donors (Lipinski definition) is 2. The summed E-state index contributed by atoms with van der Waals surface area (Å²) >= 11 is 0. The van der Waals surface area contributed by atoms with Crippen molar-refractivity contribution < 1.29 is 19.1 Å². The molecule has 3 rings (SSSR count). The summed E-state index contributed by atoms with van der Waals surface area (Å²) in [4.78, 5) is 25.1. The molecular weight excluding hydrogens is 311 g/mol. The van der Waals surface area contributed by atoms with Gasteiger partial charge in [0.25, 0.3) is 0 Å². The molecule has 0 spiro atoms. The molecular formula is C18H23FN2O3. The smallest absolute Gasteiger partial charge is 0.317 e. The first kappa shape index (κ1) is 16.7. The summed E-state index contributed by atoms with van der Waals surface area (Å²) < 4.78 is 13.0. The van der Waals surface area contributed by atoms with E-state index in [9.17, 15) is 14.0 Å². The average Bonchev–Trinajstić information content (AvgIpc) is 3.04. The van der Waals surface area contributed by atoms with Crippen molar-refractivity contribution in [1.29, 1.82) is 0 Å². The first-order valence-corrected chi connectivity index (χ1v) is 8.56. The maximum absolute atomic E-state index is 13.0. The molecule has 2 amide bonds. The molecule has 1 aliphatic carbocycles. The largest absolute Gasteiger partial charge is 0.481 e. The molecule has 0 radical (unpaired) electrons. The second-order valence-corrected chi connectivity index (χ2v) is 6.83. The van der Waals surface area contributed by atoms with E-state index in [0.29, 0.717) is 18.9 Å². The summed E-state index contributed by atoms with van der Waals surface area (Å²) in [6.45, 7) is 0.902. The molecule has 3 atom stereocenters. The number of carbonyl (C=O) groups excluding carboxylic acids is 1. The maximum atomic E-state index is 13.0. The standard InChI is InChI=1S/C18H23FN2O3/c19-15-6-3-12(4-7-15)13-5-8-16(10-13)20-18(24)21-9-1-2-14(11-21)17(22)23/h3-4,6-7,13-14,16H,1-2,5,8-11H2,(H,20,24)(H,22,23). The lowest BCUT2D eigenvalue weighted by Gasteiger charge is -2.31. The van der Waals surface area contributed by atoms with Crippen molar-refractivity contribution in [3.63, 3.8) is 0 Å². The van der Waals surface area contributed by atoms with E-state index in [4.69, 9.17) is 5.11 Å². The van der Waals surface area contributed by atoms with Crippen molar-refractivity contribution in [2.24, 2.45) is 5.92 Å². The summed E-state index contributed by atoms with van der Waals surface area (Å²) in [5.74, 6) is -1.19. The summed E-state index contributed by atoms with van der Waals surface area (Å²) in [7, 11) is 0. The number of piperidine rings is 1. The Hall–Kier alpha value is -2.11. The Morgan fingerprint density at radius 1 is 1.17 bits per heavy atom. The number of likely N-dealkylation sites (tertiary alicyclic amines) is 1. The first-order valence-electron chi connectivity index (χ1n) is 8.56. The second kappa shape index (κ2) is 7.20. The Bertz CT molecular complexity index is 605. The van der Waals surface area contributed by atoms with Gasteiger partial charge in [-0.2, -0.15) is 0 Å². The monoisotopic (exact) mass is 334 g/mol. The van der Waals surface area contributed by atoms with E-state index >= 15 is 0 Å². The molecule has 6 heteroatoms. The highest BCUT2D eigenvalue weighted by atomic mass is 19.1. The zero-order valence-electron chi connectivity index (χ0n) is 13.6. The zero-order valence-corrected chi connectivity index (χ0v) is 13.6. The van der Waals surface area contributed by atoms with Crippen molar-refractivity contribution in [1.82, 2.24) is 10.2 Å². The predicted octanol–water partition coefficient (Wildman–Crippen LogP) is 2.97. The number of aliphatic carboxylic acids is 1. The van der Waals surface area contributed by atoms with Gasteiger partial charge in [-0.3, -0.25) is 4.79 Å². The predicted molar refractivity (Wildman–Crippen MR) is 87.2 cm³/mol. The van der Waals surface area contributed by atoms with Crippen LogP contribution in [-0.4, -0.2) is 41.1 Å². The molecule has 1 aromatic rings. The number of carboxylic acid groups (broad SMARTS) is 1. The minimum Gasteiger partial charge on any atom is -0.481 e. The van der Waals surface area contributed by atoms with E-state index < -0.39 is 11.9 Å². The third-order valence-corrected chi connectivity index (χ3v) is 5.16. The van der Waals surface area contributed by atoms with Crippen LogP contribution in [0.1, 0.15) is 43.6 Å². The van der Waals surface area contributed by atoms with Gasteiger partial charge in [0.2, 0.25) is 0 Å². The zero-order chi connectivity index (χ0) is 17.1. The molecule has 130 valence electrons. The van der Waals surface area contributed by atoms with E-state index in [1.165, 1.54) is 12.1 Å². The van der Waals surface area contributed by atoms with Crippen LogP contribution in [0.2, 0.25) is 0 Å². The molecule has 0 bridgehead atoms. The molecule has 0 aromatic heterocycles. The van der Waals surface area contributed by atoms with Crippen LogP contribution < -0.4 is 5.32 Å². The molecule has 1 heterocycles. The molecule has 2 aliphatic rings. The van der Waals surface area contributed by atoms with E-state index in [1.807, 2.05) is 12.1 Å².